The maximum absolute atomic E-state index is 12.6. The van der Waals surface area contributed by atoms with Crippen LogP contribution in [0.5, 0.6) is 11.5 Å². The summed E-state index contributed by atoms with van der Waals surface area (Å²) in [6, 6.07) is 11.9. The number of aromatic nitrogens is 2. The fourth-order valence-corrected chi connectivity index (χ4v) is 5.26. The summed E-state index contributed by atoms with van der Waals surface area (Å²) >= 11 is 0. The predicted octanol–water partition coefficient (Wildman–Crippen LogP) is 7.43. The number of rotatable bonds is 12. The molecule has 1 aliphatic heterocycles. The highest BCUT2D eigenvalue weighted by atomic mass is 16.5. The Morgan fingerprint density at radius 1 is 0.977 bits per heavy atom. The molecule has 0 radical (unpaired) electrons. The van der Waals surface area contributed by atoms with E-state index in [0.717, 1.165) is 55.8 Å². The van der Waals surface area contributed by atoms with Gasteiger partial charge in [0.25, 0.3) is 0 Å². The van der Waals surface area contributed by atoms with Crippen molar-refractivity contribution >= 4 is 11.7 Å². The minimum atomic E-state index is -1.16. The average molecular weight is 590 g/mol. The monoisotopic (exact) mass is 589 g/mol. The molecule has 3 heterocycles. The van der Waals surface area contributed by atoms with Gasteiger partial charge in [0.1, 0.15) is 11.5 Å². The molecule has 1 aromatic carbocycles. The molecule has 43 heavy (non-hydrogen) atoms. The number of anilines is 1. The van der Waals surface area contributed by atoms with Crippen molar-refractivity contribution < 1.29 is 24.1 Å². The third-order valence-corrected chi connectivity index (χ3v) is 7.75. The number of piperidine rings is 1. The Balaban J connectivity index is 1.59. The second-order valence-corrected chi connectivity index (χ2v) is 13.1. The summed E-state index contributed by atoms with van der Waals surface area (Å²) in [6.45, 7) is 17.0. The standard InChI is InChI=1S/C35H47N3O5/c1-8-20-41-26-11-9-25(10-12-26)15-21-42-27-13-14-29(37-22-27)28-23-36-24(2)30(32(33(39)40)43-34(3,4)5)31(28)38-18-16-35(6,7)17-19-38/h9-14,22-23,32H,8,15-21H2,1-7H3,(H,39,40). The highest BCUT2D eigenvalue weighted by Gasteiger charge is 2.36. The number of benzene rings is 1. The molecule has 8 heteroatoms. The Kier molecular flexibility index (Phi) is 10.3. The van der Waals surface area contributed by atoms with E-state index in [1.165, 1.54) is 5.56 Å². The van der Waals surface area contributed by atoms with Gasteiger partial charge in [0.15, 0.2) is 6.10 Å². The van der Waals surface area contributed by atoms with Gasteiger partial charge in [0.05, 0.1) is 36.4 Å². The molecule has 1 fully saturated rings. The topological polar surface area (TPSA) is 94.0 Å². The van der Waals surface area contributed by atoms with Crippen molar-refractivity contribution in [3.8, 4) is 22.8 Å². The fourth-order valence-electron chi connectivity index (χ4n) is 5.26. The average Bonchev–Trinajstić information content (AvgIpc) is 2.95. The van der Waals surface area contributed by atoms with Crippen LogP contribution < -0.4 is 14.4 Å². The number of aliphatic carboxylic acids is 1. The Labute approximate surface area is 256 Å². The fraction of sp³-hybridized carbons (Fsp3) is 0.514. The van der Waals surface area contributed by atoms with E-state index < -0.39 is 17.7 Å². The van der Waals surface area contributed by atoms with Crippen molar-refractivity contribution in [2.75, 3.05) is 31.2 Å². The molecule has 1 aliphatic rings. The molecule has 1 saturated heterocycles. The van der Waals surface area contributed by atoms with Crippen LogP contribution in [0.15, 0.2) is 48.8 Å². The van der Waals surface area contributed by atoms with Crippen LogP contribution in [0.1, 0.15) is 83.7 Å². The van der Waals surface area contributed by atoms with E-state index >= 15 is 0 Å². The van der Waals surface area contributed by atoms with Crippen LogP contribution >= 0.6 is 0 Å². The summed E-state index contributed by atoms with van der Waals surface area (Å²) in [4.78, 5) is 24.3. The molecule has 0 bridgehead atoms. The lowest BCUT2D eigenvalue weighted by molar-refractivity contribution is -0.160. The zero-order valence-electron chi connectivity index (χ0n) is 26.8. The maximum Gasteiger partial charge on any atom is 0.337 e. The van der Waals surface area contributed by atoms with Gasteiger partial charge in [-0.3, -0.25) is 9.97 Å². The minimum absolute atomic E-state index is 0.231. The number of pyridine rings is 2. The molecule has 3 aromatic rings. The molecule has 0 amide bonds. The molecule has 0 spiro atoms. The van der Waals surface area contributed by atoms with Crippen LogP contribution in [-0.4, -0.2) is 52.9 Å². The molecule has 2 aromatic heterocycles. The van der Waals surface area contributed by atoms with E-state index in [1.807, 2.05) is 52.0 Å². The predicted molar refractivity (Wildman–Crippen MR) is 170 cm³/mol. The van der Waals surface area contributed by atoms with Gasteiger partial charge in [-0.25, -0.2) is 4.79 Å². The highest BCUT2D eigenvalue weighted by molar-refractivity contribution is 5.85. The minimum Gasteiger partial charge on any atom is -0.494 e. The number of hydrogen-bond acceptors (Lipinski definition) is 7. The maximum atomic E-state index is 12.6. The molecule has 1 N–H and O–H groups in total. The first kappa shape index (κ1) is 32.3. The van der Waals surface area contributed by atoms with Gasteiger partial charge < -0.3 is 24.2 Å². The normalized spacial score (nSPS) is 15.7. The Morgan fingerprint density at radius 3 is 2.21 bits per heavy atom. The number of hydrogen-bond donors (Lipinski definition) is 1. The molecule has 1 atom stereocenters. The van der Waals surface area contributed by atoms with Crippen molar-refractivity contribution in [2.45, 2.75) is 85.9 Å². The molecule has 232 valence electrons. The number of carboxylic acids is 1. The lowest BCUT2D eigenvalue weighted by atomic mass is 9.82. The summed E-state index contributed by atoms with van der Waals surface area (Å²) in [5.41, 5.74) is 4.32. The first-order valence-electron chi connectivity index (χ1n) is 15.3. The van der Waals surface area contributed by atoms with E-state index in [1.54, 1.807) is 12.4 Å². The van der Waals surface area contributed by atoms with Crippen molar-refractivity contribution in [1.82, 2.24) is 9.97 Å². The number of nitrogens with zero attached hydrogens (tertiary/aromatic N) is 3. The largest absolute Gasteiger partial charge is 0.494 e. The van der Waals surface area contributed by atoms with E-state index in [-0.39, 0.29) is 5.41 Å². The lowest BCUT2D eigenvalue weighted by Gasteiger charge is -2.40. The summed E-state index contributed by atoms with van der Waals surface area (Å²) in [5, 5.41) is 10.3. The molecule has 1 unspecified atom stereocenters. The summed E-state index contributed by atoms with van der Waals surface area (Å²) in [7, 11) is 0. The Hall–Kier alpha value is -3.65. The third kappa shape index (κ3) is 8.69. The van der Waals surface area contributed by atoms with E-state index in [9.17, 15) is 9.90 Å². The first-order chi connectivity index (χ1) is 20.4. The number of carbonyl (C=O) groups is 1. The van der Waals surface area contributed by atoms with Crippen molar-refractivity contribution in [2.24, 2.45) is 5.41 Å². The SMILES string of the molecule is CCCOc1ccc(CCOc2ccc(-c3cnc(C)c(C(OC(C)(C)C)C(=O)O)c3N3CCC(C)(C)CC3)nc2)cc1. The van der Waals surface area contributed by atoms with Crippen molar-refractivity contribution in [1.29, 1.82) is 0 Å². The van der Waals surface area contributed by atoms with Gasteiger partial charge in [-0.2, -0.15) is 0 Å². The highest BCUT2D eigenvalue weighted by Crippen LogP contribution is 2.43. The smallest absolute Gasteiger partial charge is 0.337 e. The van der Waals surface area contributed by atoms with Crippen molar-refractivity contribution in [3.05, 3.63) is 65.6 Å². The summed E-state index contributed by atoms with van der Waals surface area (Å²) < 4.78 is 17.8. The quantitative estimate of drug-likeness (QED) is 0.233. The molecular formula is C35H47N3O5. The molecule has 8 nitrogen and oxygen atoms in total. The summed E-state index contributed by atoms with van der Waals surface area (Å²) in [6.07, 6.45) is 6.12. The van der Waals surface area contributed by atoms with Crippen molar-refractivity contribution in [3.63, 3.8) is 0 Å². The van der Waals surface area contributed by atoms with E-state index in [2.05, 4.69) is 42.8 Å². The van der Waals surface area contributed by atoms with Gasteiger partial charge in [0, 0.05) is 42.5 Å². The van der Waals surface area contributed by atoms with Crippen LogP contribution in [0.3, 0.4) is 0 Å². The molecule has 0 saturated carbocycles. The lowest BCUT2D eigenvalue weighted by Crippen LogP contribution is -2.39. The zero-order chi connectivity index (χ0) is 31.2. The van der Waals surface area contributed by atoms with E-state index in [0.29, 0.717) is 35.9 Å². The summed E-state index contributed by atoms with van der Waals surface area (Å²) in [5.74, 6) is 0.524. The first-order valence-corrected chi connectivity index (χ1v) is 15.3. The second-order valence-electron chi connectivity index (χ2n) is 13.1. The van der Waals surface area contributed by atoms with Gasteiger partial charge in [-0.05, 0) is 82.2 Å². The van der Waals surface area contributed by atoms with Gasteiger partial charge in [-0.1, -0.05) is 32.9 Å². The van der Waals surface area contributed by atoms with Crippen LogP contribution in [0.4, 0.5) is 5.69 Å². The van der Waals surface area contributed by atoms with Gasteiger partial charge in [-0.15, -0.1) is 0 Å². The van der Waals surface area contributed by atoms with Gasteiger partial charge in [0.2, 0.25) is 0 Å². The zero-order valence-corrected chi connectivity index (χ0v) is 26.8. The Morgan fingerprint density at radius 2 is 1.63 bits per heavy atom. The Bertz CT molecular complexity index is 1350. The second kappa shape index (κ2) is 13.8. The van der Waals surface area contributed by atoms with E-state index in [4.69, 9.17) is 19.2 Å². The number of ether oxygens (including phenoxy) is 3. The van der Waals surface area contributed by atoms with Crippen LogP contribution in [0.25, 0.3) is 11.3 Å². The third-order valence-electron chi connectivity index (χ3n) is 7.75. The van der Waals surface area contributed by atoms with Crippen LogP contribution in [-0.2, 0) is 16.0 Å². The number of aryl methyl sites for hydroxylation is 1. The number of carboxylic acid groups (broad SMARTS) is 1. The molecule has 4 rings (SSSR count). The molecule has 0 aliphatic carbocycles. The van der Waals surface area contributed by atoms with Gasteiger partial charge >= 0.3 is 5.97 Å². The van der Waals surface area contributed by atoms with Crippen LogP contribution in [0.2, 0.25) is 0 Å². The van der Waals surface area contributed by atoms with Crippen LogP contribution in [0, 0.1) is 12.3 Å². The molecular weight excluding hydrogens is 542 g/mol.